The van der Waals surface area contributed by atoms with Gasteiger partial charge in [-0.15, -0.1) is 28.8 Å². The van der Waals surface area contributed by atoms with E-state index >= 15 is 0 Å². The predicted octanol–water partition coefficient (Wildman–Crippen LogP) is 11.4. The minimum Gasteiger partial charge on any atom is -0.505 e. The number of benzene rings is 7. The highest BCUT2D eigenvalue weighted by Gasteiger charge is 2.21. The zero-order valence-corrected chi connectivity index (χ0v) is 35.3. The molecule has 0 unspecified atom stereocenters. The molecule has 0 atom stereocenters. The summed E-state index contributed by atoms with van der Waals surface area (Å²) in [5.41, 5.74) is 4.28. The van der Waals surface area contributed by atoms with Crippen LogP contribution in [-0.2, 0) is 28.9 Å². The van der Waals surface area contributed by atoms with E-state index in [1.54, 1.807) is 50.2 Å². The molecule has 0 amide bonds. The lowest BCUT2D eigenvalue weighted by Crippen LogP contribution is -2.07. The number of hydrogen-bond acceptors (Lipinski definition) is 19. The third-order valence-corrected chi connectivity index (χ3v) is 11.7. The standard InChI is InChI=1S/C41H30N8O12S3/c1-21-15-34(45-46-39-37(63-61-59-54)17-23-16-25(8-10-28(23)40(39)50)42-24-6-4-3-5-7-24)22(2)14-33(21)44-43-26-9-13-35(31(18-26)41(51)52)49-47-32-12-11-29-30(38(32)48-49)19-27(64(55,56)57)20-36(29)62-60-58-53/h3-20,42,50,53-54H,1-2H3,(H,51,52)(H,55,56,57). The van der Waals surface area contributed by atoms with Gasteiger partial charge in [-0.1, -0.05) is 34.3 Å². The summed E-state index contributed by atoms with van der Waals surface area (Å²) in [7, 11) is -4.70. The Hall–Kier alpha value is -6.90. The number of carboxylic acid groups (broad SMARTS) is 1. The van der Waals surface area contributed by atoms with Crippen LogP contribution in [0.4, 0.5) is 34.1 Å². The fourth-order valence-electron chi connectivity index (χ4n) is 6.61. The second kappa shape index (κ2) is 18.4. The van der Waals surface area contributed by atoms with Crippen molar-refractivity contribution in [1.29, 1.82) is 0 Å². The number of aryl methyl sites for hydroxylation is 2. The summed E-state index contributed by atoms with van der Waals surface area (Å²) in [5, 5.41) is 77.9. The summed E-state index contributed by atoms with van der Waals surface area (Å²) in [5.74, 6) is -1.51. The van der Waals surface area contributed by atoms with Crippen molar-refractivity contribution in [3.8, 4) is 11.4 Å². The zero-order chi connectivity index (χ0) is 45.1. The first-order valence-electron chi connectivity index (χ1n) is 18.4. The molecule has 8 aromatic rings. The molecule has 0 aliphatic heterocycles. The highest BCUT2D eigenvalue weighted by Crippen LogP contribution is 2.45. The van der Waals surface area contributed by atoms with Crippen LogP contribution in [0, 0.1) is 13.8 Å². The van der Waals surface area contributed by atoms with E-state index in [4.69, 9.17) is 14.8 Å². The molecular weight excluding hydrogens is 893 g/mol. The molecule has 64 heavy (non-hydrogen) atoms. The van der Waals surface area contributed by atoms with Crippen molar-refractivity contribution in [3.05, 3.63) is 126 Å². The molecule has 1 heterocycles. The maximum absolute atomic E-state index is 12.5. The Bertz CT molecular complexity index is 3300. The SMILES string of the molecule is Cc1cc(N=Nc2c(SOOO)cc3cc(Nc4ccccc4)ccc3c2O)c(C)cc1N=Nc1ccc(-n2nc3ccc4c(SOOO)cc(S(=O)(=O)O)cc4c3n2)c(C(=O)O)c1. The molecule has 6 N–H and O–H groups in total. The van der Waals surface area contributed by atoms with Gasteiger partial charge in [0.1, 0.15) is 22.4 Å². The van der Waals surface area contributed by atoms with Crippen molar-refractivity contribution in [2.75, 3.05) is 5.32 Å². The number of azo groups is 2. The maximum atomic E-state index is 12.5. The normalized spacial score (nSPS) is 12.1. The molecule has 23 heteroatoms. The van der Waals surface area contributed by atoms with Crippen LogP contribution in [0.3, 0.4) is 0 Å². The highest BCUT2D eigenvalue weighted by molar-refractivity contribution is 7.95. The number of nitrogens with zero attached hydrogens (tertiary/aromatic N) is 7. The van der Waals surface area contributed by atoms with Gasteiger partial charge in [-0.05, 0) is 115 Å². The zero-order valence-electron chi connectivity index (χ0n) is 32.8. The van der Waals surface area contributed by atoms with E-state index in [0.29, 0.717) is 67.6 Å². The van der Waals surface area contributed by atoms with Gasteiger partial charge >= 0.3 is 5.97 Å². The minimum atomic E-state index is -4.70. The molecule has 7 aromatic carbocycles. The maximum Gasteiger partial charge on any atom is 0.338 e. The van der Waals surface area contributed by atoms with E-state index in [1.165, 1.54) is 24.3 Å². The van der Waals surface area contributed by atoms with Crippen molar-refractivity contribution < 1.29 is 57.2 Å². The number of aromatic nitrogens is 3. The van der Waals surface area contributed by atoms with Gasteiger partial charge in [0.05, 0.1) is 56.5 Å². The molecular formula is C41H30N8O12S3. The Morgan fingerprint density at radius 3 is 2.09 bits per heavy atom. The molecule has 324 valence electrons. The number of phenolic OH excluding ortho intramolecular Hbond substituents is 1. The van der Waals surface area contributed by atoms with E-state index in [0.717, 1.165) is 22.2 Å². The molecule has 0 saturated heterocycles. The number of carbonyl (C=O) groups is 1. The van der Waals surface area contributed by atoms with Gasteiger partial charge in [-0.3, -0.25) is 4.55 Å². The third kappa shape index (κ3) is 9.24. The first kappa shape index (κ1) is 43.7. The first-order chi connectivity index (χ1) is 30.8. The van der Waals surface area contributed by atoms with Gasteiger partial charge in [0.25, 0.3) is 10.1 Å². The lowest BCUT2D eigenvalue weighted by molar-refractivity contribution is -0.432. The molecule has 0 aliphatic rings. The molecule has 0 bridgehead atoms. The summed E-state index contributed by atoms with van der Waals surface area (Å²) in [6, 6.07) is 29.7. The molecule has 20 nitrogen and oxygen atoms in total. The van der Waals surface area contributed by atoms with Crippen molar-refractivity contribution >= 4 is 107 Å². The Labute approximate surface area is 369 Å². The van der Waals surface area contributed by atoms with Gasteiger partial charge in [0, 0.05) is 32.4 Å². The van der Waals surface area contributed by atoms with Crippen LogP contribution in [0.25, 0.3) is 38.3 Å². The van der Waals surface area contributed by atoms with Crippen LogP contribution in [0.1, 0.15) is 21.5 Å². The largest absolute Gasteiger partial charge is 0.505 e. The van der Waals surface area contributed by atoms with E-state index in [9.17, 15) is 28.0 Å². The lowest BCUT2D eigenvalue weighted by Gasteiger charge is -2.12. The lowest BCUT2D eigenvalue weighted by atomic mass is 10.1. The number of carboxylic acids is 1. The second-order valence-corrected chi connectivity index (χ2v) is 16.6. The number of aromatic carboxylic acids is 1. The van der Waals surface area contributed by atoms with E-state index < -0.39 is 21.0 Å². The van der Waals surface area contributed by atoms with E-state index in [2.05, 4.69) is 50.4 Å². The van der Waals surface area contributed by atoms with Crippen LogP contribution in [-0.4, -0.2) is 54.7 Å². The topological polar surface area (TPSA) is 281 Å². The van der Waals surface area contributed by atoms with E-state index in [1.807, 2.05) is 42.5 Å². The van der Waals surface area contributed by atoms with Crippen LogP contribution < -0.4 is 5.32 Å². The summed E-state index contributed by atoms with van der Waals surface area (Å²) in [4.78, 5) is 13.5. The first-order valence-corrected chi connectivity index (χ1v) is 21.3. The average Bonchev–Trinajstić information content (AvgIpc) is 3.72. The molecule has 0 aliphatic carbocycles. The van der Waals surface area contributed by atoms with Crippen LogP contribution in [0.2, 0.25) is 0 Å². The molecule has 8 rings (SSSR count). The fraction of sp³-hybridized carbons (Fsp3) is 0.0488. The second-order valence-electron chi connectivity index (χ2n) is 13.7. The van der Waals surface area contributed by atoms with Gasteiger partial charge in [-0.25, -0.2) is 15.3 Å². The minimum absolute atomic E-state index is 0.0503. The van der Waals surface area contributed by atoms with Crippen molar-refractivity contribution in [2.45, 2.75) is 28.5 Å². The van der Waals surface area contributed by atoms with Gasteiger partial charge in [-0.2, -0.15) is 23.8 Å². The Balaban J connectivity index is 1.07. The molecule has 0 saturated carbocycles. The molecule has 1 aromatic heterocycles. The summed E-state index contributed by atoms with van der Waals surface area (Å²) >= 11 is 1.10. The summed E-state index contributed by atoms with van der Waals surface area (Å²) < 4.78 is 43.2. The van der Waals surface area contributed by atoms with Crippen LogP contribution in [0.15, 0.2) is 144 Å². The summed E-state index contributed by atoms with van der Waals surface area (Å²) in [6.07, 6.45) is 0. The number of rotatable bonds is 15. The molecule has 0 radical (unpaired) electrons. The number of nitrogens with one attached hydrogen (secondary N) is 1. The number of fused-ring (bicyclic) bond motifs is 4. The molecule has 0 fully saturated rings. The van der Waals surface area contributed by atoms with Crippen LogP contribution in [0.5, 0.6) is 5.75 Å². The van der Waals surface area contributed by atoms with E-state index in [-0.39, 0.29) is 49.7 Å². The molecule has 0 spiro atoms. The Morgan fingerprint density at radius 2 is 1.41 bits per heavy atom. The fourth-order valence-corrected chi connectivity index (χ4v) is 8.26. The third-order valence-electron chi connectivity index (χ3n) is 9.61. The van der Waals surface area contributed by atoms with Crippen molar-refractivity contribution in [2.24, 2.45) is 20.5 Å². The number of aromatic hydroxyl groups is 1. The highest BCUT2D eigenvalue weighted by atomic mass is 32.2. The quantitative estimate of drug-likeness (QED) is 0.0183. The van der Waals surface area contributed by atoms with Gasteiger partial charge in [0.15, 0.2) is 5.75 Å². The Kier molecular flexibility index (Phi) is 12.6. The number of anilines is 2. The number of phenols is 1. The Morgan fingerprint density at radius 1 is 0.719 bits per heavy atom. The number of hydrogen-bond donors (Lipinski definition) is 6. The summed E-state index contributed by atoms with van der Waals surface area (Å²) in [6.45, 7) is 3.54. The van der Waals surface area contributed by atoms with Crippen molar-refractivity contribution in [1.82, 2.24) is 15.0 Å². The smallest absolute Gasteiger partial charge is 0.338 e. The van der Waals surface area contributed by atoms with Crippen molar-refractivity contribution in [3.63, 3.8) is 0 Å². The average molecular weight is 923 g/mol. The predicted molar refractivity (Wildman–Crippen MR) is 234 cm³/mol. The van der Waals surface area contributed by atoms with Gasteiger partial charge in [0.2, 0.25) is 0 Å². The monoisotopic (exact) mass is 922 g/mol. The van der Waals surface area contributed by atoms with Gasteiger partial charge < -0.3 is 15.5 Å². The van der Waals surface area contributed by atoms with Crippen LogP contribution >= 0.6 is 24.1 Å². The number of para-hydroxylation sites is 1.